The lowest BCUT2D eigenvalue weighted by Gasteiger charge is -2.28. The molecule has 1 aliphatic heterocycles. The van der Waals surface area contributed by atoms with Gasteiger partial charge in [-0.3, -0.25) is 4.79 Å². The van der Waals surface area contributed by atoms with E-state index in [4.69, 9.17) is 9.47 Å². The highest BCUT2D eigenvalue weighted by Crippen LogP contribution is 2.36. The van der Waals surface area contributed by atoms with Crippen LogP contribution < -0.4 is 10.1 Å². The topological polar surface area (TPSA) is 80.8 Å². The van der Waals surface area contributed by atoms with E-state index in [2.05, 4.69) is 10.3 Å². The summed E-state index contributed by atoms with van der Waals surface area (Å²) in [6, 6.07) is 3.71. The number of aromatic nitrogens is 1. The van der Waals surface area contributed by atoms with Crippen LogP contribution in [0.3, 0.4) is 0 Å². The number of amides is 2. The van der Waals surface area contributed by atoms with Crippen LogP contribution in [0.25, 0.3) is 0 Å². The Morgan fingerprint density at radius 2 is 2.11 bits per heavy atom. The first-order chi connectivity index (χ1) is 13.2. The Labute approximate surface area is 166 Å². The molecule has 2 fully saturated rings. The van der Waals surface area contributed by atoms with Gasteiger partial charge in [-0.1, -0.05) is 6.07 Å². The Kier molecular flexibility index (Phi) is 5.82. The zero-order chi connectivity index (χ0) is 20.4. The summed E-state index contributed by atoms with van der Waals surface area (Å²) < 4.78 is 11.3. The van der Waals surface area contributed by atoms with Crippen LogP contribution in [0, 0.1) is 6.92 Å². The average molecular weight is 389 g/mol. The van der Waals surface area contributed by atoms with Crippen molar-refractivity contribution in [3.63, 3.8) is 0 Å². The quantitative estimate of drug-likeness (QED) is 0.808. The molecule has 2 heterocycles. The molecule has 7 nitrogen and oxygen atoms in total. The standard InChI is InChI=1S/C21H31N3O4/c1-15-7-5-11-22-18(15)27-14-21(9-10-21)23-17(25)13-16-8-6-12-24(16)19(26)28-20(2,3)4/h5,7,11,16H,6,8-10,12-14H2,1-4H3,(H,23,25)/t16-/m0/s1. The summed E-state index contributed by atoms with van der Waals surface area (Å²) in [7, 11) is 0. The van der Waals surface area contributed by atoms with Crippen LogP contribution in [0.1, 0.15) is 58.4 Å². The van der Waals surface area contributed by atoms with Gasteiger partial charge in [0, 0.05) is 30.8 Å². The fraction of sp³-hybridized carbons (Fsp3) is 0.667. The summed E-state index contributed by atoms with van der Waals surface area (Å²) in [5.41, 5.74) is 0.130. The predicted molar refractivity (Wildman–Crippen MR) is 105 cm³/mol. The van der Waals surface area contributed by atoms with Gasteiger partial charge in [0.2, 0.25) is 11.8 Å². The van der Waals surface area contributed by atoms with E-state index in [0.29, 0.717) is 25.5 Å². The van der Waals surface area contributed by atoms with Crippen LogP contribution in [0.4, 0.5) is 4.79 Å². The molecule has 154 valence electrons. The van der Waals surface area contributed by atoms with E-state index >= 15 is 0 Å². The lowest BCUT2D eigenvalue weighted by atomic mass is 10.1. The van der Waals surface area contributed by atoms with Crippen LogP contribution in [0.5, 0.6) is 5.88 Å². The van der Waals surface area contributed by atoms with Gasteiger partial charge in [0.15, 0.2) is 0 Å². The lowest BCUT2D eigenvalue weighted by molar-refractivity contribution is -0.123. The summed E-state index contributed by atoms with van der Waals surface area (Å²) in [6.45, 7) is 8.55. The molecule has 0 aromatic carbocycles. The molecule has 0 radical (unpaired) electrons. The normalized spacial score (nSPS) is 20.6. The van der Waals surface area contributed by atoms with Crippen LogP contribution in [-0.2, 0) is 9.53 Å². The maximum atomic E-state index is 12.6. The molecule has 28 heavy (non-hydrogen) atoms. The average Bonchev–Trinajstić information content (AvgIpc) is 3.19. The molecule has 7 heteroatoms. The van der Waals surface area contributed by atoms with E-state index in [0.717, 1.165) is 31.2 Å². The molecule has 1 aromatic heterocycles. The third-order valence-electron chi connectivity index (χ3n) is 5.13. The number of hydrogen-bond acceptors (Lipinski definition) is 5. The van der Waals surface area contributed by atoms with E-state index < -0.39 is 5.60 Å². The Bertz CT molecular complexity index is 725. The smallest absolute Gasteiger partial charge is 0.410 e. The maximum Gasteiger partial charge on any atom is 0.410 e. The number of nitrogens with one attached hydrogen (secondary N) is 1. The number of carbonyl (C=O) groups excluding carboxylic acids is 2. The highest BCUT2D eigenvalue weighted by Gasteiger charge is 2.46. The molecule has 0 bridgehead atoms. The molecule has 2 aliphatic rings. The van der Waals surface area contributed by atoms with E-state index in [1.54, 1.807) is 11.1 Å². The first kappa shape index (κ1) is 20.4. The van der Waals surface area contributed by atoms with E-state index in [9.17, 15) is 9.59 Å². The molecular weight excluding hydrogens is 358 g/mol. The van der Waals surface area contributed by atoms with Gasteiger partial charge in [0.1, 0.15) is 12.2 Å². The molecule has 1 N–H and O–H groups in total. The molecule has 1 saturated heterocycles. The van der Waals surface area contributed by atoms with Gasteiger partial charge in [0.05, 0.1) is 5.54 Å². The maximum absolute atomic E-state index is 12.6. The molecule has 3 rings (SSSR count). The van der Waals surface area contributed by atoms with E-state index in [-0.39, 0.29) is 23.6 Å². The Balaban J connectivity index is 1.50. The molecule has 0 spiro atoms. The number of hydrogen-bond donors (Lipinski definition) is 1. The van der Waals surface area contributed by atoms with Crippen molar-refractivity contribution in [2.45, 2.75) is 77.0 Å². The van der Waals surface area contributed by atoms with Gasteiger partial charge < -0.3 is 19.7 Å². The van der Waals surface area contributed by atoms with Gasteiger partial charge >= 0.3 is 6.09 Å². The molecule has 1 aliphatic carbocycles. The number of pyridine rings is 1. The van der Waals surface area contributed by atoms with Crippen LogP contribution >= 0.6 is 0 Å². The van der Waals surface area contributed by atoms with Crippen molar-refractivity contribution in [2.75, 3.05) is 13.2 Å². The summed E-state index contributed by atoms with van der Waals surface area (Å²) >= 11 is 0. The van der Waals surface area contributed by atoms with E-state index in [1.807, 2.05) is 39.8 Å². The number of likely N-dealkylation sites (tertiary alicyclic amines) is 1. The second-order valence-electron chi connectivity index (χ2n) is 8.92. The van der Waals surface area contributed by atoms with Gasteiger partial charge in [0.25, 0.3) is 0 Å². The van der Waals surface area contributed by atoms with Gasteiger partial charge in [-0.2, -0.15) is 0 Å². The van der Waals surface area contributed by atoms with Crippen LogP contribution in [-0.4, -0.2) is 52.2 Å². The predicted octanol–water partition coefficient (Wildman–Crippen LogP) is 3.21. The minimum Gasteiger partial charge on any atom is -0.475 e. The fourth-order valence-corrected chi connectivity index (χ4v) is 3.45. The second kappa shape index (κ2) is 7.97. The van der Waals surface area contributed by atoms with Crippen LogP contribution in [0.15, 0.2) is 18.3 Å². The minimum atomic E-state index is -0.536. The molecular formula is C21H31N3O4. The minimum absolute atomic E-state index is 0.0423. The summed E-state index contributed by atoms with van der Waals surface area (Å²) in [5, 5.41) is 3.12. The first-order valence-corrected chi connectivity index (χ1v) is 10.0. The highest BCUT2D eigenvalue weighted by atomic mass is 16.6. The Morgan fingerprint density at radius 3 is 2.75 bits per heavy atom. The number of rotatable bonds is 6. The monoisotopic (exact) mass is 389 g/mol. The lowest BCUT2D eigenvalue weighted by Crippen LogP contribution is -2.45. The number of nitrogens with zero attached hydrogens (tertiary/aromatic N) is 2. The van der Waals surface area contributed by atoms with Crippen molar-refractivity contribution in [2.24, 2.45) is 0 Å². The largest absolute Gasteiger partial charge is 0.475 e. The molecule has 1 aromatic rings. The van der Waals surface area contributed by atoms with Crippen molar-refractivity contribution < 1.29 is 19.1 Å². The molecule has 1 saturated carbocycles. The molecule has 1 atom stereocenters. The van der Waals surface area contributed by atoms with Gasteiger partial charge in [-0.15, -0.1) is 0 Å². The van der Waals surface area contributed by atoms with Gasteiger partial charge in [-0.05, 0) is 59.4 Å². The SMILES string of the molecule is Cc1cccnc1OCC1(NC(=O)C[C@@H]2CCCN2C(=O)OC(C)(C)C)CC1. The molecule has 0 unspecified atom stereocenters. The zero-order valence-electron chi connectivity index (χ0n) is 17.3. The van der Waals surface area contributed by atoms with Crippen molar-refractivity contribution in [1.82, 2.24) is 15.2 Å². The highest BCUT2D eigenvalue weighted by molar-refractivity contribution is 5.79. The Hall–Kier alpha value is -2.31. The molecule has 2 amide bonds. The third-order valence-corrected chi connectivity index (χ3v) is 5.13. The zero-order valence-corrected chi connectivity index (χ0v) is 17.3. The number of ether oxygens (including phenoxy) is 2. The summed E-state index contributed by atoms with van der Waals surface area (Å²) in [4.78, 5) is 30.9. The summed E-state index contributed by atoms with van der Waals surface area (Å²) in [5.74, 6) is 0.564. The number of aryl methyl sites for hydroxylation is 1. The van der Waals surface area contributed by atoms with Gasteiger partial charge in [-0.25, -0.2) is 9.78 Å². The second-order valence-corrected chi connectivity index (χ2v) is 8.92. The number of carbonyl (C=O) groups is 2. The van der Waals surface area contributed by atoms with Crippen molar-refractivity contribution in [3.05, 3.63) is 23.9 Å². The van der Waals surface area contributed by atoms with Crippen molar-refractivity contribution in [1.29, 1.82) is 0 Å². The Morgan fingerprint density at radius 1 is 1.36 bits per heavy atom. The van der Waals surface area contributed by atoms with Crippen LogP contribution in [0.2, 0.25) is 0 Å². The fourth-order valence-electron chi connectivity index (χ4n) is 3.45. The van der Waals surface area contributed by atoms with Crippen molar-refractivity contribution in [3.8, 4) is 5.88 Å². The third kappa shape index (κ3) is 5.36. The summed E-state index contributed by atoms with van der Waals surface area (Å²) in [6.07, 6.45) is 5.16. The first-order valence-electron chi connectivity index (χ1n) is 10.0. The van der Waals surface area contributed by atoms with E-state index in [1.165, 1.54) is 0 Å². The van der Waals surface area contributed by atoms with Crippen molar-refractivity contribution >= 4 is 12.0 Å².